The van der Waals surface area contributed by atoms with Crippen LogP contribution in [0.15, 0.2) is 18.2 Å². The number of nitrogens with zero attached hydrogens (tertiary/aromatic N) is 1. The molecule has 0 bridgehead atoms. The van der Waals surface area contributed by atoms with E-state index in [2.05, 4.69) is 0 Å². The van der Waals surface area contributed by atoms with Gasteiger partial charge in [0.05, 0.1) is 17.7 Å². The van der Waals surface area contributed by atoms with Crippen molar-refractivity contribution in [3.05, 3.63) is 34.3 Å². The van der Waals surface area contributed by atoms with Crippen LogP contribution in [0.1, 0.15) is 24.2 Å². The Labute approximate surface area is 114 Å². The molecule has 0 aliphatic carbocycles. The van der Waals surface area contributed by atoms with E-state index in [1.165, 1.54) is 25.1 Å². The van der Waals surface area contributed by atoms with Crippen LogP contribution in [-0.4, -0.2) is 27.2 Å². The smallest absolute Gasteiger partial charge is 0.185 e. The molecule has 18 heavy (non-hydrogen) atoms. The van der Waals surface area contributed by atoms with Gasteiger partial charge in [0, 0.05) is 23.3 Å². The van der Waals surface area contributed by atoms with Gasteiger partial charge in [0.15, 0.2) is 5.12 Å². The molecule has 0 fully saturated rings. The summed E-state index contributed by atoms with van der Waals surface area (Å²) in [5.41, 5.74) is 0.718. The number of rotatable bonds is 4. The molecule has 1 aromatic carbocycles. The van der Waals surface area contributed by atoms with E-state index in [-0.39, 0.29) is 15.9 Å². The van der Waals surface area contributed by atoms with E-state index in [0.717, 1.165) is 11.8 Å². The Morgan fingerprint density at radius 1 is 1.56 bits per heavy atom. The van der Waals surface area contributed by atoms with Crippen LogP contribution in [-0.2, 0) is 4.79 Å². The second-order valence-corrected chi connectivity index (χ2v) is 5.27. The van der Waals surface area contributed by atoms with Crippen molar-refractivity contribution in [1.82, 2.24) is 0 Å². The fourth-order valence-electron chi connectivity index (χ4n) is 1.34. The van der Waals surface area contributed by atoms with E-state index >= 15 is 0 Å². The molecular weight excluding hydrogens is 274 g/mol. The first-order valence-electron chi connectivity index (χ1n) is 5.14. The van der Waals surface area contributed by atoms with Crippen LogP contribution >= 0.6 is 23.4 Å². The number of aliphatic hydroxyl groups excluding tert-OH is 2. The minimum Gasteiger partial charge on any atom is -0.389 e. The molecule has 1 rings (SSSR count). The summed E-state index contributed by atoms with van der Waals surface area (Å²) in [4.78, 5) is 10.8. The third kappa shape index (κ3) is 4.00. The first kappa shape index (κ1) is 15.0. The zero-order chi connectivity index (χ0) is 13.7. The molecule has 96 valence electrons. The summed E-state index contributed by atoms with van der Waals surface area (Å²) in [6.07, 6.45) is -2.28. The lowest BCUT2D eigenvalue weighted by Gasteiger charge is -2.18. The molecule has 0 aliphatic rings. The molecule has 2 unspecified atom stereocenters. The molecule has 0 spiro atoms. The monoisotopic (exact) mass is 285 g/mol. The van der Waals surface area contributed by atoms with Crippen molar-refractivity contribution in [2.75, 3.05) is 5.75 Å². The highest BCUT2D eigenvalue weighted by atomic mass is 35.5. The van der Waals surface area contributed by atoms with E-state index in [0.29, 0.717) is 11.1 Å². The lowest BCUT2D eigenvalue weighted by Crippen LogP contribution is -2.21. The van der Waals surface area contributed by atoms with Crippen LogP contribution in [0.25, 0.3) is 0 Å². The highest BCUT2D eigenvalue weighted by Crippen LogP contribution is 2.27. The van der Waals surface area contributed by atoms with E-state index in [9.17, 15) is 15.0 Å². The second kappa shape index (κ2) is 6.76. The number of hydrogen-bond donors (Lipinski definition) is 2. The summed E-state index contributed by atoms with van der Waals surface area (Å²) in [5, 5.41) is 28.4. The molecule has 0 heterocycles. The van der Waals surface area contributed by atoms with Gasteiger partial charge >= 0.3 is 0 Å². The summed E-state index contributed by atoms with van der Waals surface area (Å²) in [6, 6.07) is 6.35. The number of carbonyl (C=O) groups excluding carboxylic acids is 1. The number of halogens is 1. The lowest BCUT2D eigenvalue weighted by atomic mass is 10.0. The van der Waals surface area contributed by atoms with Crippen LogP contribution < -0.4 is 0 Å². The molecule has 0 saturated heterocycles. The van der Waals surface area contributed by atoms with Gasteiger partial charge in [-0.1, -0.05) is 29.4 Å². The lowest BCUT2D eigenvalue weighted by molar-refractivity contribution is -0.109. The van der Waals surface area contributed by atoms with E-state index in [4.69, 9.17) is 16.9 Å². The third-order valence-electron chi connectivity index (χ3n) is 2.27. The van der Waals surface area contributed by atoms with E-state index in [1.807, 2.05) is 6.07 Å². The number of nitriles is 1. The highest BCUT2D eigenvalue weighted by Gasteiger charge is 2.21. The Bertz CT molecular complexity index is 487. The predicted molar refractivity (Wildman–Crippen MR) is 70.3 cm³/mol. The first-order valence-corrected chi connectivity index (χ1v) is 6.51. The molecule has 2 atom stereocenters. The molecule has 6 heteroatoms. The summed E-state index contributed by atoms with van der Waals surface area (Å²) in [7, 11) is 0. The van der Waals surface area contributed by atoms with Crippen molar-refractivity contribution in [3.63, 3.8) is 0 Å². The van der Waals surface area contributed by atoms with Gasteiger partial charge in [0.25, 0.3) is 0 Å². The Hall–Kier alpha value is -1.06. The minimum atomic E-state index is -1.18. The van der Waals surface area contributed by atoms with Crippen LogP contribution in [0.5, 0.6) is 0 Å². The summed E-state index contributed by atoms with van der Waals surface area (Å²) < 4.78 is 0. The molecule has 0 saturated carbocycles. The van der Waals surface area contributed by atoms with Gasteiger partial charge in [0.2, 0.25) is 0 Å². The fourth-order valence-corrected chi connectivity index (χ4v) is 2.22. The molecule has 0 aromatic heterocycles. The largest absolute Gasteiger partial charge is 0.389 e. The maximum absolute atomic E-state index is 10.8. The van der Waals surface area contributed by atoms with Crippen molar-refractivity contribution in [3.8, 4) is 6.07 Å². The summed E-state index contributed by atoms with van der Waals surface area (Å²) in [6.45, 7) is 1.39. The highest BCUT2D eigenvalue weighted by molar-refractivity contribution is 8.13. The topological polar surface area (TPSA) is 81.3 Å². The average Bonchev–Trinajstić information content (AvgIpc) is 2.34. The molecule has 1 aromatic rings. The van der Waals surface area contributed by atoms with Crippen LogP contribution in [0.2, 0.25) is 5.02 Å². The predicted octanol–water partition coefficient (Wildman–Crippen LogP) is 1.89. The SMILES string of the molecule is CC(=O)SCC(O)C(O)c1ccc(C#N)cc1Cl. The first-order chi connectivity index (χ1) is 8.45. The molecule has 0 amide bonds. The van der Waals surface area contributed by atoms with Gasteiger partial charge in [-0.25, -0.2) is 0 Å². The van der Waals surface area contributed by atoms with Crippen molar-refractivity contribution >= 4 is 28.5 Å². The molecule has 0 radical (unpaired) electrons. The maximum atomic E-state index is 10.8. The Morgan fingerprint density at radius 3 is 2.72 bits per heavy atom. The van der Waals surface area contributed by atoms with Gasteiger partial charge in [-0.05, 0) is 12.1 Å². The van der Waals surface area contributed by atoms with Gasteiger partial charge in [-0.3, -0.25) is 4.79 Å². The average molecular weight is 286 g/mol. The second-order valence-electron chi connectivity index (χ2n) is 3.66. The maximum Gasteiger partial charge on any atom is 0.185 e. The molecular formula is C12H12ClNO3S. The standard InChI is InChI=1S/C12H12ClNO3S/c1-7(15)18-6-11(16)12(17)9-3-2-8(5-14)4-10(9)13/h2-4,11-12,16-17H,6H2,1H3. The number of thioether (sulfide) groups is 1. The van der Waals surface area contributed by atoms with Gasteiger partial charge < -0.3 is 10.2 Å². The Balaban J connectivity index is 2.80. The van der Waals surface area contributed by atoms with Gasteiger partial charge in [-0.15, -0.1) is 0 Å². The number of carbonyl (C=O) groups is 1. The van der Waals surface area contributed by atoms with Crippen molar-refractivity contribution in [1.29, 1.82) is 5.26 Å². The zero-order valence-corrected chi connectivity index (χ0v) is 11.2. The van der Waals surface area contributed by atoms with E-state index < -0.39 is 12.2 Å². The molecule has 0 aliphatic heterocycles. The third-order valence-corrected chi connectivity index (χ3v) is 3.51. The number of hydrogen-bond acceptors (Lipinski definition) is 5. The Kier molecular flexibility index (Phi) is 5.63. The van der Waals surface area contributed by atoms with Gasteiger partial charge in [0.1, 0.15) is 6.10 Å². The zero-order valence-electron chi connectivity index (χ0n) is 9.63. The summed E-state index contributed by atoms with van der Waals surface area (Å²) >= 11 is 6.85. The van der Waals surface area contributed by atoms with Crippen LogP contribution in [0.3, 0.4) is 0 Å². The van der Waals surface area contributed by atoms with Gasteiger partial charge in [-0.2, -0.15) is 5.26 Å². The van der Waals surface area contributed by atoms with Crippen molar-refractivity contribution in [2.24, 2.45) is 0 Å². The van der Waals surface area contributed by atoms with Crippen LogP contribution in [0.4, 0.5) is 0 Å². The molecule has 2 N–H and O–H groups in total. The van der Waals surface area contributed by atoms with E-state index in [1.54, 1.807) is 0 Å². The number of aliphatic hydroxyl groups is 2. The summed E-state index contributed by atoms with van der Waals surface area (Å²) in [5.74, 6) is 0.0901. The number of benzene rings is 1. The minimum absolute atomic E-state index is 0.0901. The Morgan fingerprint density at radius 2 is 2.22 bits per heavy atom. The molecule has 4 nitrogen and oxygen atoms in total. The van der Waals surface area contributed by atoms with Crippen LogP contribution in [0, 0.1) is 11.3 Å². The normalized spacial score (nSPS) is 13.7. The van der Waals surface area contributed by atoms with Crippen molar-refractivity contribution < 1.29 is 15.0 Å². The quantitative estimate of drug-likeness (QED) is 0.883. The fraction of sp³-hybridized carbons (Fsp3) is 0.333. The van der Waals surface area contributed by atoms with Crippen molar-refractivity contribution in [2.45, 2.75) is 19.1 Å².